The van der Waals surface area contributed by atoms with Crippen LogP contribution < -0.4 is 5.73 Å². The summed E-state index contributed by atoms with van der Waals surface area (Å²) >= 11 is 0. The molecule has 1 aliphatic carbocycles. The fourth-order valence-electron chi connectivity index (χ4n) is 1.83. The van der Waals surface area contributed by atoms with Crippen LogP contribution in [-0.4, -0.2) is 52.1 Å². The molecule has 0 radical (unpaired) electrons. The number of carbonyl (C=O) groups excluding carboxylic acids is 1. The Balaban J connectivity index is 1.91. The van der Waals surface area contributed by atoms with Crippen LogP contribution in [0, 0.1) is 0 Å². The zero-order valence-electron chi connectivity index (χ0n) is 10.6. The van der Waals surface area contributed by atoms with Gasteiger partial charge in [-0.1, -0.05) is 5.21 Å². The first-order chi connectivity index (χ1) is 8.74. The molecule has 0 aromatic carbocycles. The van der Waals surface area contributed by atoms with E-state index in [1.54, 1.807) is 13.3 Å². The molecule has 2 N–H and O–H groups in total. The Kier molecular flexibility index (Phi) is 4.27. The third kappa shape index (κ3) is 3.27. The summed E-state index contributed by atoms with van der Waals surface area (Å²) < 4.78 is 6.56. The third-order valence-electron chi connectivity index (χ3n) is 2.94. The maximum absolute atomic E-state index is 12.1. The molecule has 7 nitrogen and oxygen atoms in total. The smallest absolute Gasteiger partial charge is 0.244 e. The molecule has 1 fully saturated rings. The maximum Gasteiger partial charge on any atom is 0.244 e. The lowest BCUT2D eigenvalue weighted by Crippen LogP contribution is -2.38. The third-order valence-corrected chi connectivity index (χ3v) is 2.94. The molecule has 0 unspecified atom stereocenters. The van der Waals surface area contributed by atoms with E-state index in [1.165, 1.54) is 4.68 Å². The number of hydrogen-bond acceptors (Lipinski definition) is 5. The molecule has 0 aliphatic heterocycles. The first-order valence-electron chi connectivity index (χ1n) is 6.12. The number of nitrogens with two attached hydrogens (primary N) is 1. The minimum Gasteiger partial charge on any atom is -0.383 e. The summed E-state index contributed by atoms with van der Waals surface area (Å²) in [6, 6.07) is 0.380. The molecule has 100 valence electrons. The second-order valence-corrected chi connectivity index (χ2v) is 4.42. The normalized spacial score (nSPS) is 14.8. The van der Waals surface area contributed by atoms with Crippen LogP contribution in [0.1, 0.15) is 18.5 Å². The minimum atomic E-state index is 0.0584. The van der Waals surface area contributed by atoms with Gasteiger partial charge in [-0.3, -0.25) is 4.79 Å². The van der Waals surface area contributed by atoms with Crippen molar-refractivity contribution in [2.24, 2.45) is 5.73 Å². The van der Waals surface area contributed by atoms with Crippen molar-refractivity contribution in [1.82, 2.24) is 19.9 Å². The van der Waals surface area contributed by atoms with Crippen molar-refractivity contribution in [2.75, 3.05) is 20.3 Å². The monoisotopic (exact) mass is 253 g/mol. The van der Waals surface area contributed by atoms with Crippen LogP contribution in [0.15, 0.2) is 6.20 Å². The summed E-state index contributed by atoms with van der Waals surface area (Å²) in [4.78, 5) is 14.0. The summed E-state index contributed by atoms with van der Waals surface area (Å²) in [5.74, 6) is 0.0584. The van der Waals surface area contributed by atoms with Crippen molar-refractivity contribution < 1.29 is 9.53 Å². The molecule has 0 spiro atoms. The number of hydrogen-bond donors (Lipinski definition) is 1. The lowest BCUT2D eigenvalue weighted by molar-refractivity contribution is -0.133. The Bertz CT molecular complexity index is 402. The topological polar surface area (TPSA) is 86.3 Å². The van der Waals surface area contributed by atoms with Crippen molar-refractivity contribution >= 4 is 5.91 Å². The summed E-state index contributed by atoms with van der Waals surface area (Å²) in [6.45, 7) is 1.75. The van der Waals surface area contributed by atoms with E-state index in [0.29, 0.717) is 31.4 Å². The molecule has 1 amide bonds. The Morgan fingerprint density at radius 2 is 2.44 bits per heavy atom. The van der Waals surface area contributed by atoms with Crippen LogP contribution in [0.5, 0.6) is 0 Å². The number of nitrogens with zero attached hydrogens (tertiary/aromatic N) is 4. The summed E-state index contributed by atoms with van der Waals surface area (Å²) in [6.07, 6.45) is 3.88. The van der Waals surface area contributed by atoms with Gasteiger partial charge in [0.05, 0.1) is 18.5 Å². The minimum absolute atomic E-state index is 0.0584. The van der Waals surface area contributed by atoms with Gasteiger partial charge in [0.15, 0.2) is 0 Å². The molecule has 0 saturated heterocycles. The molecule has 18 heavy (non-hydrogen) atoms. The molecule has 1 heterocycles. The molecule has 1 aromatic rings. The van der Waals surface area contributed by atoms with Gasteiger partial charge in [0, 0.05) is 26.2 Å². The summed E-state index contributed by atoms with van der Waals surface area (Å²) in [7, 11) is 1.64. The first-order valence-corrected chi connectivity index (χ1v) is 6.12. The average Bonchev–Trinajstić information content (AvgIpc) is 3.10. The van der Waals surface area contributed by atoms with Gasteiger partial charge in [-0.2, -0.15) is 0 Å². The van der Waals surface area contributed by atoms with Crippen molar-refractivity contribution in [3.8, 4) is 0 Å². The van der Waals surface area contributed by atoms with E-state index >= 15 is 0 Å². The van der Waals surface area contributed by atoms with Gasteiger partial charge in [0.1, 0.15) is 6.54 Å². The summed E-state index contributed by atoms with van der Waals surface area (Å²) in [5.41, 5.74) is 6.14. The number of methoxy groups -OCH3 is 1. The van der Waals surface area contributed by atoms with Crippen molar-refractivity contribution in [3.63, 3.8) is 0 Å². The molecule has 0 bridgehead atoms. The van der Waals surface area contributed by atoms with E-state index < -0.39 is 0 Å². The SMILES string of the molecule is COCCN(C(=O)Cn1cc(CN)nn1)C1CC1. The van der Waals surface area contributed by atoms with Crippen molar-refractivity contribution in [1.29, 1.82) is 0 Å². The fourth-order valence-corrected chi connectivity index (χ4v) is 1.83. The quantitative estimate of drug-likeness (QED) is 0.699. The Morgan fingerprint density at radius 1 is 1.67 bits per heavy atom. The number of aromatic nitrogens is 3. The molecule has 1 aromatic heterocycles. The van der Waals surface area contributed by atoms with Gasteiger partial charge in [0.2, 0.25) is 5.91 Å². The van der Waals surface area contributed by atoms with Crippen LogP contribution in [0.4, 0.5) is 0 Å². The Hall–Kier alpha value is -1.47. The van der Waals surface area contributed by atoms with Gasteiger partial charge < -0.3 is 15.4 Å². The van der Waals surface area contributed by atoms with Gasteiger partial charge in [-0.05, 0) is 12.8 Å². The largest absolute Gasteiger partial charge is 0.383 e. The predicted molar refractivity (Wildman–Crippen MR) is 64.5 cm³/mol. The van der Waals surface area contributed by atoms with Crippen LogP contribution in [0.3, 0.4) is 0 Å². The molecular formula is C11H19N5O2. The first kappa shape index (κ1) is 13.0. The second-order valence-electron chi connectivity index (χ2n) is 4.42. The lowest BCUT2D eigenvalue weighted by Gasteiger charge is -2.21. The number of ether oxygens (including phenoxy) is 1. The van der Waals surface area contributed by atoms with Crippen LogP contribution in [0.2, 0.25) is 0 Å². The van der Waals surface area contributed by atoms with Gasteiger partial charge >= 0.3 is 0 Å². The predicted octanol–water partition coefficient (Wildman–Crippen LogP) is -0.626. The van der Waals surface area contributed by atoms with Gasteiger partial charge in [0.25, 0.3) is 0 Å². The molecule has 1 aliphatic rings. The average molecular weight is 253 g/mol. The lowest BCUT2D eigenvalue weighted by atomic mass is 10.4. The van der Waals surface area contributed by atoms with E-state index in [4.69, 9.17) is 10.5 Å². The van der Waals surface area contributed by atoms with Crippen LogP contribution >= 0.6 is 0 Å². The van der Waals surface area contributed by atoms with E-state index in [9.17, 15) is 4.79 Å². The van der Waals surface area contributed by atoms with E-state index in [2.05, 4.69) is 10.3 Å². The van der Waals surface area contributed by atoms with Crippen molar-refractivity contribution in [2.45, 2.75) is 32.0 Å². The van der Waals surface area contributed by atoms with Crippen molar-refractivity contribution in [3.05, 3.63) is 11.9 Å². The highest BCUT2D eigenvalue weighted by molar-refractivity contribution is 5.76. The fraction of sp³-hybridized carbons (Fsp3) is 0.727. The second kappa shape index (κ2) is 5.92. The van der Waals surface area contributed by atoms with E-state index in [0.717, 1.165) is 12.8 Å². The Labute approximate surface area is 106 Å². The zero-order chi connectivity index (χ0) is 13.0. The van der Waals surface area contributed by atoms with Crippen LogP contribution in [-0.2, 0) is 22.6 Å². The zero-order valence-corrected chi connectivity index (χ0v) is 10.6. The van der Waals surface area contributed by atoms with Gasteiger partial charge in [-0.25, -0.2) is 4.68 Å². The highest BCUT2D eigenvalue weighted by atomic mass is 16.5. The molecule has 7 heteroatoms. The molecule has 2 rings (SSSR count). The van der Waals surface area contributed by atoms with Gasteiger partial charge in [-0.15, -0.1) is 5.10 Å². The molecule has 1 saturated carbocycles. The van der Waals surface area contributed by atoms with E-state index in [1.807, 2.05) is 4.90 Å². The molecule has 0 atom stereocenters. The van der Waals surface area contributed by atoms with Crippen LogP contribution in [0.25, 0.3) is 0 Å². The highest BCUT2D eigenvalue weighted by Gasteiger charge is 2.32. The van der Waals surface area contributed by atoms with E-state index in [-0.39, 0.29) is 12.5 Å². The Morgan fingerprint density at radius 3 is 3.00 bits per heavy atom. The number of carbonyl (C=O) groups is 1. The number of rotatable bonds is 7. The molecular weight excluding hydrogens is 234 g/mol. The maximum atomic E-state index is 12.1. The highest BCUT2D eigenvalue weighted by Crippen LogP contribution is 2.26. The standard InChI is InChI=1S/C11H19N5O2/c1-18-5-4-16(10-2-3-10)11(17)8-15-7-9(6-12)13-14-15/h7,10H,2-6,8,12H2,1H3. The number of amides is 1. The summed E-state index contributed by atoms with van der Waals surface area (Å²) in [5, 5.41) is 7.74.